The molecule has 108 valence electrons. The summed E-state index contributed by atoms with van der Waals surface area (Å²) in [7, 11) is 2.06. The summed E-state index contributed by atoms with van der Waals surface area (Å²) in [6, 6.07) is 2.00. The molecule has 5 heteroatoms. The smallest absolute Gasteiger partial charge is 0.266 e. The zero-order chi connectivity index (χ0) is 15.0. The number of piperazine rings is 1. The molecule has 1 rings (SSSR count). The summed E-state index contributed by atoms with van der Waals surface area (Å²) >= 11 is 0. The molecule has 0 atom stereocenters. The van der Waals surface area contributed by atoms with E-state index in [1.54, 1.807) is 23.3 Å². The molecule has 0 N–H and O–H groups in total. The van der Waals surface area contributed by atoms with E-state index in [2.05, 4.69) is 25.1 Å². The minimum absolute atomic E-state index is 0.165. The highest BCUT2D eigenvalue weighted by atomic mass is 16.2. The topological polar surface area (TPSA) is 50.6 Å². The first-order valence-electron chi connectivity index (χ1n) is 6.68. The third kappa shape index (κ3) is 4.56. The van der Waals surface area contributed by atoms with Crippen molar-refractivity contribution in [1.29, 1.82) is 5.26 Å². The molecule has 0 aromatic carbocycles. The number of hydrogen-bond acceptors (Lipinski definition) is 4. The zero-order valence-corrected chi connectivity index (χ0v) is 12.1. The van der Waals surface area contributed by atoms with E-state index in [4.69, 9.17) is 0 Å². The fourth-order valence-electron chi connectivity index (χ4n) is 1.99. The zero-order valence-electron chi connectivity index (χ0n) is 12.1. The molecule has 1 saturated heterocycles. The molecule has 0 bridgehead atoms. The van der Waals surface area contributed by atoms with Crippen LogP contribution in [0.1, 0.15) is 0 Å². The fourth-order valence-corrected chi connectivity index (χ4v) is 1.99. The lowest BCUT2D eigenvalue weighted by atomic mass is 10.2. The Kier molecular flexibility index (Phi) is 6.54. The van der Waals surface area contributed by atoms with Crippen molar-refractivity contribution in [3.8, 4) is 6.07 Å². The molecule has 5 nitrogen and oxygen atoms in total. The molecule has 1 aliphatic heterocycles. The maximum Gasteiger partial charge on any atom is 0.266 e. The molecule has 0 radical (unpaired) electrons. The number of carbonyl (C=O) groups is 1. The predicted molar refractivity (Wildman–Crippen MR) is 79.7 cm³/mol. The highest BCUT2D eigenvalue weighted by molar-refractivity contribution is 5.97. The van der Waals surface area contributed by atoms with Crippen LogP contribution in [0.2, 0.25) is 0 Å². The summed E-state index contributed by atoms with van der Waals surface area (Å²) in [5.41, 5.74) is 0.165. The third-order valence-electron chi connectivity index (χ3n) is 3.19. The number of nitriles is 1. The SMILES string of the molecule is C=CCN(CC=C)C(=O)/C(C#N)=C\N1CCN(C)CC1. The first-order valence-corrected chi connectivity index (χ1v) is 6.68. The van der Waals surface area contributed by atoms with Gasteiger partial charge in [-0.15, -0.1) is 13.2 Å². The minimum atomic E-state index is -0.272. The minimum Gasteiger partial charge on any atom is -0.374 e. The highest BCUT2D eigenvalue weighted by Gasteiger charge is 2.18. The van der Waals surface area contributed by atoms with Crippen LogP contribution in [-0.4, -0.2) is 66.9 Å². The molecule has 0 spiro atoms. The molecular formula is C15H22N4O. The lowest BCUT2D eigenvalue weighted by Crippen LogP contribution is -2.42. The van der Waals surface area contributed by atoms with Crippen LogP contribution in [0.25, 0.3) is 0 Å². The first-order chi connectivity index (χ1) is 9.62. The van der Waals surface area contributed by atoms with Crippen LogP contribution in [0.5, 0.6) is 0 Å². The van der Waals surface area contributed by atoms with Gasteiger partial charge in [-0.1, -0.05) is 12.2 Å². The van der Waals surface area contributed by atoms with Crippen LogP contribution in [-0.2, 0) is 4.79 Å². The van der Waals surface area contributed by atoms with Gasteiger partial charge in [0.15, 0.2) is 0 Å². The van der Waals surface area contributed by atoms with E-state index in [0.717, 1.165) is 26.2 Å². The Balaban J connectivity index is 2.77. The van der Waals surface area contributed by atoms with E-state index in [1.807, 2.05) is 11.0 Å². The Morgan fingerprint density at radius 1 is 1.25 bits per heavy atom. The number of hydrogen-bond donors (Lipinski definition) is 0. The van der Waals surface area contributed by atoms with Gasteiger partial charge in [-0.2, -0.15) is 5.26 Å². The van der Waals surface area contributed by atoms with Gasteiger partial charge in [0.05, 0.1) is 0 Å². The van der Waals surface area contributed by atoms with E-state index in [0.29, 0.717) is 13.1 Å². The van der Waals surface area contributed by atoms with Gasteiger partial charge in [-0.3, -0.25) is 4.79 Å². The number of likely N-dealkylation sites (N-methyl/N-ethyl adjacent to an activating group) is 1. The molecule has 1 aliphatic rings. The number of carbonyl (C=O) groups excluding carboxylic acids is 1. The molecule has 20 heavy (non-hydrogen) atoms. The van der Waals surface area contributed by atoms with Crippen LogP contribution in [0.15, 0.2) is 37.1 Å². The Bertz CT molecular complexity index is 418. The molecule has 1 fully saturated rings. The van der Waals surface area contributed by atoms with Gasteiger partial charge >= 0.3 is 0 Å². The fraction of sp³-hybridized carbons (Fsp3) is 0.467. The lowest BCUT2D eigenvalue weighted by Gasteiger charge is -2.31. The highest BCUT2D eigenvalue weighted by Crippen LogP contribution is 2.07. The van der Waals surface area contributed by atoms with Crippen LogP contribution >= 0.6 is 0 Å². The van der Waals surface area contributed by atoms with E-state index in [1.165, 1.54) is 0 Å². The molecule has 1 heterocycles. The second kappa shape index (κ2) is 8.18. The van der Waals surface area contributed by atoms with Crippen molar-refractivity contribution in [2.24, 2.45) is 0 Å². The van der Waals surface area contributed by atoms with Gasteiger partial charge in [-0.25, -0.2) is 0 Å². The van der Waals surface area contributed by atoms with Crippen molar-refractivity contribution in [1.82, 2.24) is 14.7 Å². The van der Waals surface area contributed by atoms with Gasteiger partial charge in [0.25, 0.3) is 5.91 Å². The van der Waals surface area contributed by atoms with E-state index in [9.17, 15) is 10.1 Å². The monoisotopic (exact) mass is 274 g/mol. The van der Waals surface area contributed by atoms with Crippen LogP contribution in [0.4, 0.5) is 0 Å². The molecule has 0 saturated carbocycles. The van der Waals surface area contributed by atoms with Crippen LogP contribution in [0.3, 0.4) is 0 Å². The standard InChI is InChI=1S/C15H22N4O/c1-4-6-19(7-5-2)15(20)14(12-16)13-18-10-8-17(3)9-11-18/h4-5,13H,1-2,6-11H2,3H3/b14-13-. The van der Waals surface area contributed by atoms with Crippen molar-refractivity contribution in [2.45, 2.75) is 0 Å². The van der Waals surface area contributed by atoms with E-state index in [-0.39, 0.29) is 11.5 Å². The average Bonchev–Trinajstić information content (AvgIpc) is 2.46. The second-order valence-electron chi connectivity index (χ2n) is 4.78. The van der Waals surface area contributed by atoms with Crippen molar-refractivity contribution < 1.29 is 4.79 Å². The molecule has 0 unspecified atom stereocenters. The summed E-state index contributed by atoms with van der Waals surface area (Å²) < 4.78 is 0. The Morgan fingerprint density at radius 3 is 2.25 bits per heavy atom. The molecule has 0 aromatic rings. The lowest BCUT2D eigenvalue weighted by molar-refractivity contribution is -0.125. The first kappa shape index (κ1) is 16.0. The van der Waals surface area contributed by atoms with E-state index >= 15 is 0 Å². The summed E-state index contributed by atoms with van der Waals surface area (Å²) in [5.74, 6) is -0.272. The quantitative estimate of drug-likeness (QED) is 0.409. The number of nitrogens with zero attached hydrogens (tertiary/aromatic N) is 4. The predicted octanol–water partition coefficient (Wildman–Crippen LogP) is 0.842. The summed E-state index contributed by atoms with van der Waals surface area (Å²) in [6.07, 6.45) is 4.97. The normalized spacial score (nSPS) is 16.4. The Hall–Kier alpha value is -2.06. The summed E-state index contributed by atoms with van der Waals surface area (Å²) in [4.78, 5) is 18.1. The third-order valence-corrected chi connectivity index (χ3v) is 3.19. The summed E-state index contributed by atoms with van der Waals surface area (Å²) in [6.45, 7) is 11.6. The Morgan fingerprint density at radius 2 is 1.80 bits per heavy atom. The van der Waals surface area contributed by atoms with Crippen molar-refractivity contribution >= 4 is 5.91 Å². The summed E-state index contributed by atoms with van der Waals surface area (Å²) in [5, 5.41) is 9.21. The molecule has 0 aromatic heterocycles. The van der Waals surface area contributed by atoms with Gasteiger partial charge in [0, 0.05) is 45.5 Å². The number of amides is 1. The van der Waals surface area contributed by atoms with Crippen molar-refractivity contribution in [3.05, 3.63) is 37.1 Å². The van der Waals surface area contributed by atoms with Gasteiger partial charge in [-0.05, 0) is 7.05 Å². The van der Waals surface area contributed by atoms with Gasteiger partial charge < -0.3 is 14.7 Å². The van der Waals surface area contributed by atoms with Crippen molar-refractivity contribution in [3.63, 3.8) is 0 Å². The Labute approximate surface area is 121 Å². The molecule has 1 amide bonds. The molecule has 0 aliphatic carbocycles. The maximum absolute atomic E-state index is 12.3. The average molecular weight is 274 g/mol. The van der Waals surface area contributed by atoms with Crippen LogP contribution < -0.4 is 0 Å². The second-order valence-corrected chi connectivity index (χ2v) is 4.78. The largest absolute Gasteiger partial charge is 0.374 e. The van der Waals surface area contributed by atoms with Gasteiger partial charge in [0.2, 0.25) is 0 Å². The maximum atomic E-state index is 12.3. The van der Waals surface area contributed by atoms with Crippen molar-refractivity contribution in [2.75, 3.05) is 46.3 Å². The number of rotatable bonds is 6. The van der Waals surface area contributed by atoms with E-state index < -0.39 is 0 Å². The van der Waals surface area contributed by atoms with Gasteiger partial charge in [0.1, 0.15) is 11.6 Å². The molecular weight excluding hydrogens is 252 g/mol. The van der Waals surface area contributed by atoms with Crippen LogP contribution in [0, 0.1) is 11.3 Å².